The molecule has 0 aromatic carbocycles. The van der Waals surface area contributed by atoms with Crippen molar-refractivity contribution in [3.8, 4) is 0 Å². The normalized spacial score (nSPS) is 36.9. The predicted molar refractivity (Wildman–Crippen MR) is 58.8 cm³/mol. The number of likely N-dealkylation sites (tertiary alicyclic amines) is 1. The smallest absolute Gasteiger partial charge is 0.00922 e. The number of nitrogens with zero attached hydrogens (tertiary/aromatic N) is 1. The van der Waals surface area contributed by atoms with Crippen molar-refractivity contribution in [3.05, 3.63) is 0 Å². The maximum atomic E-state index is 2.54. The minimum absolute atomic E-state index is 0.792. The van der Waals surface area contributed by atoms with E-state index in [-0.39, 0.29) is 0 Å². The Morgan fingerprint density at radius 2 is 2.00 bits per heavy atom. The fraction of sp³-hybridized carbons (Fsp3) is 1.00. The molecule has 3 unspecified atom stereocenters. The lowest BCUT2D eigenvalue weighted by molar-refractivity contribution is 0.0673. The zero-order chi connectivity index (χ0) is 10.0. The van der Waals surface area contributed by atoms with Crippen LogP contribution in [0.25, 0.3) is 0 Å². The molecule has 1 heteroatoms. The Hall–Kier alpha value is -0.0400. The van der Waals surface area contributed by atoms with E-state index in [4.69, 9.17) is 0 Å². The summed E-state index contributed by atoms with van der Waals surface area (Å²) in [5, 5.41) is 0. The fourth-order valence-corrected chi connectivity index (χ4v) is 2.55. The Kier molecular flexibility index (Phi) is 3.78. The van der Waals surface area contributed by atoms with Gasteiger partial charge in [-0.2, -0.15) is 0 Å². The average molecular weight is 183 g/mol. The molecule has 1 aliphatic heterocycles. The van der Waals surface area contributed by atoms with Gasteiger partial charge in [0.25, 0.3) is 0 Å². The minimum Gasteiger partial charge on any atom is -0.303 e. The monoisotopic (exact) mass is 183 g/mol. The number of piperidine rings is 1. The van der Waals surface area contributed by atoms with Crippen LogP contribution >= 0.6 is 0 Å². The molecule has 78 valence electrons. The van der Waals surface area contributed by atoms with Gasteiger partial charge in [0.15, 0.2) is 0 Å². The van der Waals surface area contributed by atoms with Gasteiger partial charge >= 0.3 is 0 Å². The first-order chi connectivity index (χ1) is 6.06. The molecule has 1 nitrogen and oxygen atoms in total. The van der Waals surface area contributed by atoms with E-state index in [1.165, 1.54) is 19.4 Å². The van der Waals surface area contributed by atoms with Gasteiger partial charge in [0, 0.05) is 12.6 Å². The van der Waals surface area contributed by atoms with E-state index in [0.29, 0.717) is 0 Å². The van der Waals surface area contributed by atoms with E-state index < -0.39 is 0 Å². The highest BCUT2D eigenvalue weighted by Gasteiger charge is 2.31. The molecule has 1 rings (SSSR count). The van der Waals surface area contributed by atoms with Gasteiger partial charge < -0.3 is 4.90 Å². The maximum Gasteiger partial charge on any atom is 0.00922 e. The van der Waals surface area contributed by atoms with E-state index in [0.717, 1.165) is 23.8 Å². The van der Waals surface area contributed by atoms with Gasteiger partial charge in [-0.3, -0.25) is 0 Å². The summed E-state index contributed by atoms with van der Waals surface area (Å²) in [6.07, 6.45) is 2.79. The zero-order valence-electron chi connectivity index (χ0n) is 9.88. The molecule has 0 spiro atoms. The summed E-state index contributed by atoms with van der Waals surface area (Å²) in [4.78, 5) is 2.54. The number of hydrogen-bond donors (Lipinski definition) is 0. The largest absolute Gasteiger partial charge is 0.303 e. The lowest BCUT2D eigenvalue weighted by atomic mass is 9.78. The van der Waals surface area contributed by atoms with Crippen molar-refractivity contribution in [1.82, 2.24) is 4.90 Å². The van der Waals surface area contributed by atoms with Crippen LogP contribution in [-0.4, -0.2) is 24.5 Å². The molecule has 0 saturated carbocycles. The highest BCUT2D eigenvalue weighted by atomic mass is 15.1. The van der Waals surface area contributed by atoms with E-state index >= 15 is 0 Å². The summed E-state index contributed by atoms with van der Waals surface area (Å²) >= 11 is 0. The van der Waals surface area contributed by atoms with Crippen molar-refractivity contribution in [1.29, 1.82) is 0 Å². The molecule has 1 heterocycles. The molecule has 0 amide bonds. The van der Waals surface area contributed by atoms with Crippen LogP contribution in [0.3, 0.4) is 0 Å². The van der Waals surface area contributed by atoms with Gasteiger partial charge in [0.1, 0.15) is 0 Å². The molecule has 1 fully saturated rings. The van der Waals surface area contributed by atoms with Gasteiger partial charge in [-0.1, -0.05) is 27.2 Å². The SMILES string of the molecule is CCC1CC(C(C)C)CN(C)C1C. The van der Waals surface area contributed by atoms with E-state index in [9.17, 15) is 0 Å². The van der Waals surface area contributed by atoms with Crippen molar-refractivity contribution in [2.75, 3.05) is 13.6 Å². The maximum absolute atomic E-state index is 2.54. The van der Waals surface area contributed by atoms with Crippen LogP contribution in [0.2, 0.25) is 0 Å². The fourth-order valence-electron chi connectivity index (χ4n) is 2.55. The highest BCUT2D eigenvalue weighted by Crippen LogP contribution is 2.32. The average Bonchev–Trinajstić information content (AvgIpc) is 2.09. The van der Waals surface area contributed by atoms with Crippen LogP contribution in [0.5, 0.6) is 0 Å². The number of rotatable bonds is 2. The summed E-state index contributed by atoms with van der Waals surface area (Å²) in [7, 11) is 2.28. The summed E-state index contributed by atoms with van der Waals surface area (Å²) < 4.78 is 0. The van der Waals surface area contributed by atoms with Crippen LogP contribution in [0, 0.1) is 17.8 Å². The third-order valence-electron chi connectivity index (χ3n) is 3.97. The molecular formula is C12H25N. The van der Waals surface area contributed by atoms with Gasteiger partial charge in [0.05, 0.1) is 0 Å². The Morgan fingerprint density at radius 1 is 1.38 bits per heavy atom. The van der Waals surface area contributed by atoms with E-state index in [1.54, 1.807) is 0 Å². The lowest BCUT2D eigenvalue weighted by Crippen LogP contribution is -2.45. The van der Waals surface area contributed by atoms with Crippen LogP contribution in [0.4, 0.5) is 0 Å². The third-order valence-corrected chi connectivity index (χ3v) is 3.97. The van der Waals surface area contributed by atoms with Crippen LogP contribution < -0.4 is 0 Å². The summed E-state index contributed by atoms with van der Waals surface area (Å²) in [5.41, 5.74) is 0. The molecule has 0 radical (unpaired) electrons. The Bertz CT molecular complexity index is 153. The Balaban J connectivity index is 2.58. The van der Waals surface area contributed by atoms with Gasteiger partial charge in [-0.05, 0) is 38.1 Å². The molecule has 0 bridgehead atoms. The summed E-state index contributed by atoms with van der Waals surface area (Å²) in [6, 6.07) is 0.792. The minimum atomic E-state index is 0.792. The van der Waals surface area contributed by atoms with Crippen LogP contribution in [0.15, 0.2) is 0 Å². The van der Waals surface area contributed by atoms with Crippen LogP contribution in [0.1, 0.15) is 40.5 Å². The van der Waals surface area contributed by atoms with Gasteiger partial charge in [-0.25, -0.2) is 0 Å². The molecular weight excluding hydrogens is 158 g/mol. The Labute approximate surface area is 83.5 Å². The van der Waals surface area contributed by atoms with E-state index in [2.05, 4.69) is 39.6 Å². The quantitative estimate of drug-likeness (QED) is 0.636. The molecule has 13 heavy (non-hydrogen) atoms. The second-order valence-corrected chi connectivity index (χ2v) is 5.09. The van der Waals surface area contributed by atoms with Crippen LogP contribution in [-0.2, 0) is 0 Å². The van der Waals surface area contributed by atoms with Crippen molar-refractivity contribution in [2.45, 2.75) is 46.6 Å². The first kappa shape index (κ1) is 11.0. The standard InChI is InChI=1S/C12H25N/c1-6-11-7-12(9(2)3)8-13(5)10(11)4/h9-12H,6-8H2,1-5H3. The van der Waals surface area contributed by atoms with Crippen molar-refractivity contribution in [2.24, 2.45) is 17.8 Å². The van der Waals surface area contributed by atoms with E-state index in [1.807, 2.05) is 0 Å². The molecule has 1 saturated heterocycles. The molecule has 0 N–H and O–H groups in total. The highest BCUT2D eigenvalue weighted by molar-refractivity contribution is 4.84. The topological polar surface area (TPSA) is 3.24 Å². The van der Waals surface area contributed by atoms with Gasteiger partial charge in [-0.15, -0.1) is 0 Å². The second-order valence-electron chi connectivity index (χ2n) is 5.09. The summed E-state index contributed by atoms with van der Waals surface area (Å²) in [6.45, 7) is 10.7. The zero-order valence-corrected chi connectivity index (χ0v) is 9.88. The van der Waals surface area contributed by atoms with Crippen molar-refractivity contribution < 1.29 is 0 Å². The predicted octanol–water partition coefficient (Wildman–Crippen LogP) is 3.01. The first-order valence-corrected chi connectivity index (χ1v) is 5.76. The molecule has 0 aromatic rings. The third kappa shape index (κ3) is 2.46. The van der Waals surface area contributed by atoms with Crippen molar-refractivity contribution >= 4 is 0 Å². The number of hydrogen-bond acceptors (Lipinski definition) is 1. The molecule has 3 atom stereocenters. The molecule has 1 aliphatic rings. The van der Waals surface area contributed by atoms with Gasteiger partial charge in [0.2, 0.25) is 0 Å². The summed E-state index contributed by atoms with van der Waals surface area (Å²) in [5.74, 6) is 2.70. The first-order valence-electron chi connectivity index (χ1n) is 5.76. The molecule has 0 aliphatic carbocycles. The van der Waals surface area contributed by atoms with Crippen molar-refractivity contribution in [3.63, 3.8) is 0 Å². The lowest BCUT2D eigenvalue weighted by Gasteiger charge is -2.42. The molecule has 0 aromatic heterocycles. The Morgan fingerprint density at radius 3 is 2.46 bits per heavy atom. The second kappa shape index (κ2) is 4.45.